The van der Waals surface area contributed by atoms with Crippen molar-refractivity contribution in [3.63, 3.8) is 0 Å². The number of likely N-dealkylation sites (N-methyl/N-ethyl adjacent to an activating group) is 1. The first kappa shape index (κ1) is 12.1. The molecule has 0 atom stereocenters. The Labute approximate surface area is 95.5 Å². The maximum absolute atomic E-state index is 9.26. The molecule has 4 heteroatoms. The van der Waals surface area contributed by atoms with E-state index in [1.54, 1.807) is 12.1 Å². The van der Waals surface area contributed by atoms with Crippen LogP contribution in [0.1, 0.15) is 13.8 Å². The number of aliphatic hydroxyl groups excluding tert-OH is 1. The fraction of sp³-hybridized carbons (Fsp3) is 0.455. The van der Waals surface area contributed by atoms with Crippen LogP contribution in [0.25, 0.3) is 0 Å². The SMILES string of the molecule is CN(c1ccc(N)cc1Cl)C(C)(C)CO. The van der Waals surface area contributed by atoms with E-state index in [-0.39, 0.29) is 12.1 Å². The summed E-state index contributed by atoms with van der Waals surface area (Å²) in [6, 6.07) is 5.36. The molecule has 0 bridgehead atoms. The number of hydrogen-bond donors (Lipinski definition) is 2. The Balaban J connectivity index is 3.06. The predicted molar refractivity (Wildman–Crippen MR) is 65.4 cm³/mol. The summed E-state index contributed by atoms with van der Waals surface area (Å²) in [7, 11) is 1.90. The number of halogens is 1. The van der Waals surface area contributed by atoms with Crippen molar-refractivity contribution in [1.29, 1.82) is 0 Å². The Morgan fingerprint density at radius 3 is 2.53 bits per heavy atom. The Hall–Kier alpha value is -0.930. The van der Waals surface area contributed by atoms with Gasteiger partial charge in [0, 0.05) is 12.7 Å². The molecule has 0 aromatic heterocycles. The second kappa shape index (κ2) is 4.29. The zero-order valence-corrected chi connectivity index (χ0v) is 10.0. The number of nitrogens with zero attached hydrogens (tertiary/aromatic N) is 1. The minimum absolute atomic E-state index is 0.0597. The van der Waals surface area contributed by atoms with Gasteiger partial charge in [-0.15, -0.1) is 0 Å². The molecule has 0 saturated heterocycles. The molecule has 0 aliphatic carbocycles. The van der Waals surface area contributed by atoms with Gasteiger partial charge in [0.1, 0.15) is 0 Å². The summed E-state index contributed by atoms with van der Waals surface area (Å²) in [4.78, 5) is 1.94. The average molecular weight is 229 g/mol. The number of hydrogen-bond acceptors (Lipinski definition) is 3. The lowest BCUT2D eigenvalue weighted by Crippen LogP contribution is -2.44. The van der Waals surface area contributed by atoms with Crippen molar-refractivity contribution in [3.8, 4) is 0 Å². The third-order valence-electron chi connectivity index (χ3n) is 2.63. The zero-order valence-electron chi connectivity index (χ0n) is 9.29. The Kier molecular flexibility index (Phi) is 3.47. The van der Waals surface area contributed by atoms with E-state index in [0.717, 1.165) is 5.69 Å². The molecule has 15 heavy (non-hydrogen) atoms. The molecule has 3 nitrogen and oxygen atoms in total. The number of aliphatic hydroxyl groups is 1. The summed E-state index contributed by atoms with van der Waals surface area (Å²) in [6.07, 6.45) is 0. The normalized spacial score (nSPS) is 11.5. The van der Waals surface area contributed by atoms with Gasteiger partial charge < -0.3 is 15.7 Å². The van der Waals surface area contributed by atoms with E-state index >= 15 is 0 Å². The molecule has 0 radical (unpaired) electrons. The van der Waals surface area contributed by atoms with Gasteiger partial charge in [0.2, 0.25) is 0 Å². The van der Waals surface area contributed by atoms with Gasteiger partial charge in [-0.3, -0.25) is 0 Å². The highest BCUT2D eigenvalue weighted by atomic mass is 35.5. The van der Waals surface area contributed by atoms with Gasteiger partial charge in [0.25, 0.3) is 0 Å². The number of anilines is 2. The van der Waals surface area contributed by atoms with Crippen molar-refractivity contribution in [3.05, 3.63) is 23.2 Å². The fourth-order valence-corrected chi connectivity index (χ4v) is 1.54. The summed E-state index contributed by atoms with van der Waals surface area (Å²) in [5.74, 6) is 0. The molecule has 3 N–H and O–H groups in total. The summed E-state index contributed by atoms with van der Waals surface area (Å²) in [6.45, 7) is 3.95. The fourth-order valence-electron chi connectivity index (χ4n) is 1.23. The molecule has 0 saturated carbocycles. The van der Waals surface area contributed by atoms with Crippen LogP contribution in [0.15, 0.2) is 18.2 Å². The Bertz CT molecular complexity index is 352. The van der Waals surface area contributed by atoms with Crippen LogP contribution >= 0.6 is 11.6 Å². The van der Waals surface area contributed by atoms with E-state index in [4.69, 9.17) is 17.3 Å². The minimum Gasteiger partial charge on any atom is -0.399 e. The first-order chi connectivity index (χ1) is 6.88. The van der Waals surface area contributed by atoms with Gasteiger partial charge in [-0.25, -0.2) is 0 Å². The maximum Gasteiger partial charge on any atom is 0.0660 e. The Morgan fingerprint density at radius 2 is 2.07 bits per heavy atom. The molecule has 84 valence electrons. The lowest BCUT2D eigenvalue weighted by molar-refractivity contribution is 0.216. The van der Waals surface area contributed by atoms with Crippen molar-refractivity contribution in [1.82, 2.24) is 0 Å². The molecule has 0 aliphatic rings. The summed E-state index contributed by atoms with van der Waals surface area (Å²) >= 11 is 6.08. The van der Waals surface area contributed by atoms with Crippen LogP contribution < -0.4 is 10.6 Å². The predicted octanol–water partition coefficient (Wildman–Crippen LogP) is 2.13. The summed E-state index contributed by atoms with van der Waals surface area (Å²) in [5.41, 5.74) is 6.77. The molecule has 0 heterocycles. The van der Waals surface area contributed by atoms with Gasteiger partial charge in [-0.2, -0.15) is 0 Å². The molecule has 0 spiro atoms. The molecule has 0 amide bonds. The van der Waals surface area contributed by atoms with Crippen LogP contribution in [0.2, 0.25) is 5.02 Å². The van der Waals surface area contributed by atoms with Crippen molar-refractivity contribution < 1.29 is 5.11 Å². The lowest BCUT2D eigenvalue weighted by Gasteiger charge is -2.36. The Morgan fingerprint density at radius 1 is 1.47 bits per heavy atom. The van der Waals surface area contributed by atoms with Gasteiger partial charge in [0.05, 0.1) is 22.9 Å². The first-order valence-electron chi connectivity index (χ1n) is 4.78. The largest absolute Gasteiger partial charge is 0.399 e. The number of nitrogens with two attached hydrogens (primary N) is 1. The van der Waals surface area contributed by atoms with E-state index in [1.807, 2.05) is 31.9 Å². The molecule has 0 aliphatic heterocycles. The van der Waals surface area contributed by atoms with E-state index in [1.165, 1.54) is 0 Å². The van der Waals surface area contributed by atoms with Crippen molar-refractivity contribution in [2.24, 2.45) is 0 Å². The molecule has 1 rings (SSSR count). The number of benzene rings is 1. The highest BCUT2D eigenvalue weighted by molar-refractivity contribution is 6.33. The van der Waals surface area contributed by atoms with E-state index in [2.05, 4.69) is 0 Å². The number of nitrogen functional groups attached to an aromatic ring is 1. The van der Waals surface area contributed by atoms with Gasteiger partial charge in [0.15, 0.2) is 0 Å². The molecule has 1 aromatic rings. The van der Waals surface area contributed by atoms with E-state index < -0.39 is 0 Å². The highest BCUT2D eigenvalue weighted by Crippen LogP contribution is 2.31. The minimum atomic E-state index is -0.347. The molecular weight excluding hydrogens is 212 g/mol. The van der Waals surface area contributed by atoms with Crippen LogP contribution in [0.3, 0.4) is 0 Å². The molecular formula is C11H17ClN2O. The van der Waals surface area contributed by atoms with Crippen LogP contribution in [0.5, 0.6) is 0 Å². The zero-order chi connectivity index (χ0) is 11.6. The maximum atomic E-state index is 9.26. The van der Waals surface area contributed by atoms with Gasteiger partial charge in [-0.05, 0) is 32.0 Å². The van der Waals surface area contributed by atoms with Crippen molar-refractivity contribution in [2.75, 3.05) is 24.3 Å². The standard InChI is InChI=1S/C11H17ClN2O/c1-11(2,7-15)14(3)10-5-4-8(13)6-9(10)12/h4-6,15H,7,13H2,1-3H3. The molecule has 0 unspecified atom stereocenters. The lowest BCUT2D eigenvalue weighted by atomic mass is 10.0. The molecule has 0 fully saturated rings. The third kappa shape index (κ3) is 2.55. The van der Waals surface area contributed by atoms with Crippen LogP contribution in [-0.2, 0) is 0 Å². The second-order valence-electron chi connectivity index (χ2n) is 4.24. The van der Waals surface area contributed by atoms with E-state index in [9.17, 15) is 5.11 Å². The van der Waals surface area contributed by atoms with Crippen LogP contribution in [-0.4, -0.2) is 24.3 Å². The van der Waals surface area contributed by atoms with Crippen molar-refractivity contribution in [2.45, 2.75) is 19.4 Å². The summed E-state index contributed by atoms with van der Waals surface area (Å²) < 4.78 is 0. The van der Waals surface area contributed by atoms with Gasteiger partial charge in [-0.1, -0.05) is 11.6 Å². The monoisotopic (exact) mass is 228 g/mol. The van der Waals surface area contributed by atoms with Gasteiger partial charge >= 0.3 is 0 Å². The van der Waals surface area contributed by atoms with Crippen molar-refractivity contribution >= 4 is 23.0 Å². The smallest absolute Gasteiger partial charge is 0.0660 e. The summed E-state index contributed by atoms with van der Waals surface area (Å²) in [5, 5.41) is 9.86. The quantitative estimate of drug-likeness (QED) is 0.780. The van der Waals surface area contributed by atoms with Crippen LogP contribution in [0.4, 0.5) is 11.4 Å². The first-order valence-corrected chi connectivity index (χ1v) is 5.16. The second-order valence-corrected chi connectivity index (χ2v) is 4.65. The van der Waals surface area contributed by atoms with Crippen LogP contribution in [0, 0.1) is 0 Å². The van der Waals surface area contributed by atoms with E-state index in [0.29, 0.717) is 10.7 Å². The number of rotatable bonds is 3. The average Bonchev–Trinajstić information content (AvgIpc) is 2.17. The third-order valence-corrected chi connectivity index (χ3v) is 2.93. The highest BCUT2D eigenvalue weighted by Gasteiger charge is 2.24. The topological polar surface area (TPSA) is 49.5 Å². The molecule has 1 aromatic carbocycles.